The molecule has 7 heteroatoms. The van der Waals surface area contributed by atoms with E-state index in [2.05, 4.69) is 52.7 Å². The summed E-state index contributed by atoms with van der Waals surface area (Å²) in [5, 5.41) is 17.3. The fraction of sp³-hybridized carbons (Fsp3) is 0.786. The second-order valence-electron chi connectivity index (χ2n) is 21.0. The fourth-order valence-electron chi connectivity index (χ4n) is 16.8. The highest BCUT2D eigenvalue weighted by atomic mass is 15.5. The van der Waals surface area contributed by atoms with E-state index in [9.17, 15) is 0 Å². The van der Waals surface area contributed by atoms with Crippen LogP contribution in [0.2, 0.25) is 0 Å². The molecule has 0 atom stereocenters. The molecule has 6 nitrogen and oxygen atoms in total. The van der Waals surface area contributed by atoms with Crippen molar-refractivity contribution < 1.29 is 0 Å². The van der Waals surface area contributed by atoms with Crippen LogP contribution >= 0.6 is 0 Å². The van der Waals surface area contributed by atoms with Crippen molar-refractivity contribution in [3.05, 3.63) is 52.4 Å². The highest BCUT2D eigenvalue weighted by Gasteiger charge is 2.55. The number of hydrogen-bond donors (Lipinski definition) is 0. The summed E-state index contributed by atoms with van der Waals surface area (Å²) in [6.07, 6.45) is 25.6. The van der Waals surface area contributed by atoms with E-state index in [0.717, 1.165) is 53.3 Å². The summed E-state index contributed by atoms with van der Waals surface area (Å²) in [6.45, 7) is 7.03. The van der Waals surface area contributed by atoms with E-state index in [4.69, 9.17) is 15.3 Å². The van der Waals surface area contributed by atoms with E-state index in [0.29, 0.717) is 16.2 Å². The number of rotatable bonds is 6. The Hall–Kier alpha value is -2.31. The molecule has 0 saturated heterocycles. The monoisotopic (exact) mass is 657 g/mol. The van der Waals surface area contributed by atoms with Crippen LogP contribution in [0.1, 0.15) is 150 Å². The molecule has 0 aliphatic heterocycles. The summed E-state index contributed by atoms with van der Waals surface area (Å²) < 4.78 is 7.38. The summed E-state index contributed by atoms with van der Waals surface area (Å²) in [5.41, 5.74) is 9.01. The van der Waals surface area contributed by atoms with Gasteiger partial charge in [-0.25, -0.2) is 15.3 Å². The van der Waals surface area contributed by atoms with Gasteiger partial charge >= 0.3 is 7.12 Å². The SMILES string of the molecule is Cc1cc(C23CC4CC(CC(C4)C2)C3)nn1[BH-](n1nc(C23CC4CC(CC(C4)C2)C3)cc1C)n1nc(C23CC4CC(CC(C4)C2)C3)cc1C. The number of aryl methyl sites for hydroxylation is 3. The van der Waals surface area contributed by atoms with Gasteiger partial charge in [0.1, 0.15) is 0 Å². The molecule has 12 aliphatic rings. The maximum atomic E-state index is 5.77. The highest BCUT2D eigenvalue weighted by molar-refractivity contribution is 6.53. The Balaban J connectivity index is 0.987. The molecule has 49 heavy (non-hydrogen) atoms. The van der Waals surface area contributed by atoms with Crippen LogP contribution in [-0.4, -0.2) is 36.2 Å². The first-order valence-electron chi connectivity index (χ1n) is 21.1. The summed E-state index contributed by atoms with van der Waals surface area (Å²) in [5.74, 6) is 8.31. The van der Waals surface area contributed by atoms with Crippen molar-refractivity contribution in [3.63, 3.8) is 0 Å². The van der Waals surface area contributed by atoms with Crippen molar-refractivity contribution in [2.45, 2.75) is 153 Å². The Morgan fingerprint density at radius 3 is 0.816 bits per heavy atom. The Morgan fingerprint density at radius 2 is 0.612 bits per heavy atom. The molecule has 12 aliphatic carbocycles. The molecule has 0 N–H and O–H groups in total. The Morgan fingerprint density at radius 1 is 0.408 bits per heavy atom. The average Bonchev–Trinajstić information content (AvgIpc) is 3.74. The van der Waals surface area contributed by atoms with Crippen molar-refractivity contribution in [1.29, 1.82) is 0 Å². The number of hydrogen-bond acceptors (Lipinski definition) is 3. The van der Waals surface area contributed by atoms with Crippen LogP contribution in [0.5, 0.6) is 0 Å². The molecule has 0 radical (unpaired) electrons. The van der Waals surface area contributed by atoms with Crippen molar-refractivity contribution in [1.82, 2.24) is 29.1 Å². The van der Waals surface area contributed by atoms with Crippen LogP contribution in [0.25, 0.3) is 0 Å². The summed E-state index contributed by atoms with van der Waals surface area (Å²) in [4.78, 5) is 0. The van der Waals surface area contributed by atoms with E-state index in [1.807, 2.05) is 0 Å². The molecule has 0 spiro atoms. The average molecular weight is 658 g/mol. The fourth-order valence-corrected chi connectivity index (χ4v) is 16.8. The van der Waals surface area contributed by atoms with Gasteiger partial charge in [0.2, 0.25) is 0 Å². The van der Waals surface area contributed by atoms with Crippen LogP contribution < -0.4 is 0 Å². The minimum Gasteiger partial charge on any atom is -0.400 e. The molecule has 0 unspecified atom stereocenters. The molecule has 3 aromatic heterocycles. The van der Waals surface area contributed by atoms with Gasteiger partial charge in [-0.2, -0.15) is 0 Å². The zero-order chi connectivity index (χ0) is 32.4. The van der Waals surface area contributed by atoms with Gasteiger partial charge in [-0.05, 0) is 225 Å². The van der Waals surface area contributed by atoms with Gasteiger partial charge in [0.05, 0.1) is 17.1 Å². The van der Waals surface area contributed by atoms with Crippen molar-refractivity contribution in [3.8, 4) is 0 Å². The van der Waals surface area contributed by atoms with Crippen molar-refractivity contribution >= 4 is 7.12 Å². The van der Waals surface area contributed by atoms with Crippen molar-refractivity contribution in [2.75, 3.05) is 0 Å². The number of nitrogens with zero attached hydrogens (tertiary/aromatic N) is 6. The third kappa shape index (κ3) is 4.17. The first kappa shape index (κ1) is 29.3. The Kier molecular flexibility index (Phi) is 5.84. The summed E-state index contributed by atoms with van der Waals surface area (Å²) >= 11 is 0. The predicted molar refractivity (Wildman–Crippen MR) is 194 cm³/mol. The first-order valence-corrected chi connectivity index (χ1v) is 21.1. The van der Waals surface area contributed by atoms with Gasteiger partial charge < -0.3 is 13.8 Å². The minimum absolute atomic E-state index is 0.293. The highest BCUT2D eigenvalue weighted by Crippen LogP contribution is 2.63. The van der Waals surface area contributed by atoms with Gasteiger partial charge in [0.25, 0.3) is 0 Å². The first-order chi connectivity index (χ1) is 23.7. The Labute approximate surface area is 293 Å². The zero-order valence-corrected chi connectivity index (χ0v) is 30.5. The minimum atomic E-state index is -1.43. The second kappa shape index (κ2) is 9.76. The smallest absolute Gasteiger partial charge is 0.326 e. The van der Waals surface area contributed by atoms with Crippen LogP contribution in [0, 0.1) is 74.0 Å². The standard InChI is InChI=1S/C42H58BN6/c1-25-4-37(40-16-28-7-29(17-40)9-30(8-28)18-40)44-47(25)43(48-26(2)5-38(45-48)41-19-31-10-32(20-41)12-33(11-31)21-41)49-27(3)6-39(46-49)42-22-34-13-35(23-42)15-36(14-34)24-42/h4-6,28-36,43H,7-24H2,1-3H3/q-1. The van der Waals surface area contributed by atoms with Gasteiger partial charge in [-0.3, -0.25) is 0 Å². The van der Waals surface area contributed by atoms with Gasteiger partial charge in [0.15, 0.2) is 0 Å². The zero-order valence-electron chi connectivity index (χ0n) is 30.5. The van der Waals surface area contributed by atoms with Crippen molar-refractivity contribution in [2.24, 2.45) is 53.3 Å². The van der Waals surface area contributed by atoms with E-state index >= 15 is 0 Å². The molecule has 12 saturated carbocycles. The largest absolute Gasteiger partial charge is 0.400 e. The van der Waals surface area contributed by atoms with Gasteiger partial charge in [0, 0.05) is 16.2 Å². The molecular weight excluding hydrogens is 599 g/mol. The molecule has 3 heterocycles. The lowest BCUT2D eigenvalue weighted by molar-refractivity contribution is -0.00733. The quantitative estimate of drug-likeness (QED) is 0.251. The van der Waals surface area contributed by atoms with Gasteiger partial charge in [-0.1, -0.05) is 0 Å². The molecule has 0 amide bonds. The summed E-state index contributed by atoms with van der Waals surface area (Å²) in [7, 11) is -1.43. The second-order valence-corrected chi connectivity index (χ2v) is 21.0. The van der Waals surface area contributed by atoms with Crippen LogP contribution in [0.3, 0.4) is 0 Å². The molecule has 0 aromatic carbocycles. The molecule has 3 aromatic rings. The molecule has 12 fully saturated rings. The lowest BCUT2D eigenvalue weighted by Crippen LogP contribution is -2.50. The van der Waals surface area contributed by atoms with E-state index in [1.165, 1.54) is 150 Å². The third-order valence-electron chi connectivity index (χ3n) is 17.5. The van der Waals surface area contributed by atoms with E-state index in [1.54, 1.807) is 0 Å². The lowest BCUT2D eigenvalue weighted by Gasteiger charge is -2.56. The maximum Gasteiger partial charge on any atom is 0.326 e. The summed E-state index contributed by atoms with van der Waals surface area (Å²) in [6, 6.07) is 7.56. The Bertz CT molecular complexity index is 1520. The molecule has 12 bridgehead atoms. The van der Waals surface area contributed by atoms with Crippen LogP contribution in [0.15, 0.2) is 18.2 Å². The maximum absolute atomic E-state index is 5.77. The van der Waals surface area contributed by atoms with E-state index < -0.39 is 7.12 Å². The van der Waals surface area contributed by atoms with Crippen LogP contribution in [0.4, 0.5) is 0 Å². The molecule has 260 valence electrons. The topological polar surface area (TPSA) is 53.5 Å². The van der Waals surface area contributed by atoms with Crippen LogP contribution in [-0.2, 0) is 16.2 Å². The normalized spacial score (nSPS) is 46.0. The number of aromatic nitrogens is 6. The lowest BCUT2D eigenvalue weighted by atomic mass is 9.49. The van der Waals surface area contributed by atoms with E-state index in [-0.39, 0.29) is 0 Å². The molecular formula is C42H58BN6-. The third-order valence-corrected chi connectivity index (χ3v) is 17.5. The predicted octanol–water partition coefficient (Wildman–Crippen LogP) is 8.27. The molecule has 15 rings (SSSR count). The van der Waals surface area contributed by atoms with Gasteiger partial charge in [-0.15, -0.1) is 0 Å².